The minimum Gasteiger partial charge on any atom is -0.381 e. The zero-order chi connectivity index (χ0) is 19.9. The molecule has 1 aliphatic carbocycles. The summed E-state index contributed by atoms with van der Waals surface area (Å²) in [5.41, 5.74) is 1.98. The third kappa shape index (κ3) is 3.36. The molecule has 1 saturated carbocycles. The van der Waals surface area contributed by atoms with Crippen molar-refractivity contribution in [3.8, 4) is 6.07 Å². The van der Waals surface area contributed by atoms with Crippen molar-refractivity contribution in [1.82, 2.24) is 14.5 Å². The van der Waals surface area contributed by atoms with Gasteiger partial charge in [-0.1, -0.05) is 11.6 Å². The molecule has 1 aromatic carbocycles. The van der Waals surface area contributed by atoms with Gasteiger partial charge in [0.2, 0.25) is 0 Å². The lowest BCUT2D eigenvalue weighted by Gasteiger charge is -2.48. The SMILES string of the molecule is COC1CCC(C)(N2CCC(n3c(=O)[nH]c4cc(Cl)c(C#N)cc43)CC2)CC1. The summed E-state index contributed by atoms with van der Waals surface area (Å²) in [5.74, 6) is 0. The van der Waals surface area contributed by atoms with E-state index in [-0.39, 0.29) is 17.3 Å². The van der Waals surface area contributed by atoms with Crippen molar-refractivity contribution in [2.75, 3.05) is 20.2 Å². The first-order valence-corrected chi connectivity index (χ1v) is 10.4. The Morgan fingerprint density at radius 1 is 1.25 bits per heavy atom. The first-order valence-electron chi connectivity index (χ1n) is 10.1. The van der Waals surface area contributed by atoms with Gasteiger partial charge in [0.1, 0.15) is 6.07 Å². The number of methoxy groups -OCH3 is 1. The number of ether oxygens (including phenoxy) is 1. The molecule has 2 aliphatic rings. The number of nitriles is 1. The first-order chi connectivity index (χ1) is 13.4. The number of aromatic amines is 1. The monoisotopic (exact) mass is 402 g/mol. The van der Waals surface area contributed by atoms with Gasteiger partial charge in [-0.15, -0.1) is 0 Å². The molecule has 28 heavy (non-hydrogen) atoms. The van der Waals surface area contributed by atoms with Crippen LogP contribution in [0.15, 0.2) is 16.9 Å². The molecule has 0 radical (unpaired) electrons. The number of hydrogen-bond donors (Lipinski definition) is 1. The van der Waals surface area contributed by atoms with E-state index in [1.165, 1.54) is 0 Å². The zero-order valence-electron chi connectivity index (χ0n) is 16.5. The maximum absolute atomic E-state index is 12.6. The number of benzene rings is 1. The molecular formula is C21H27ClN4O2. The molecule has 2 fully saturated rings. The number of fused-ring (bicyclic) bond motifs is 1. The number of aromatic nitrogens is 2. The number of imidazole rings is 1. The molecule has 1 saturated heterocycles. The van der Waals surface area contributed by atoms with E-state index < -0.39 is 0 Å². The predicted octanol–water partition coefficient (Wildman–Crippen LogP) is 3.84. The lowest BCUT2D eigenvalue weighted by atomic mass is 9.79. The van der Waals surface area contributed by atoms with E-state index in [2.05, 4.69) is 22.9 Å². The highest BCUT2D eigenvalue weighted by molar-refractivity contribution is 6.32. The molecule has 0 bridgehead atoms. The number of likely N-dealkylation sites (tertiary alicyclic amines) is 1. The Kier molecular flexibility index (Phi) is 5.26. The van der Waals surface area contributed by atoms with Gasteiger partial charge in [-0.3, -0.25) is 9.47 Å². The molecular weight excluding hydrogens is 376 g/mol. The summed E-state index contributed by atoms with van der Waals surface area (Å²) in [6, 6.07) is 5.66. The Balaban J connectivity index is 1.52. The van der Waals surface area contributed by atoms with Crippen molar-refractivity contribution in [2.45, 2.75) is 63.1 Å². The fourth-order valence-corrected chi connectivity index (χ4v) is 5.23. The summed E-state index contributed by atoms with van der Waals surface area (Å²) in [6.45, 7) is 4.34. The van der Waals surface area contributed by atoms with Crippen LogP contribution in [0.4, 0.5) is 0 Å². The summed E-state index contributed by atoms with van der Waals surface area (Å²) in [7, 11) is 1.81. The fraction of sp³-hybridized carbons (Fsp3) is 0.619. The second-order valence-corrected chi connectivity index (χ2v) is 8.82. The van der Waals surface area contributed by atoms with E-state index in [4.69, 9.17) is 16.3 Å². The van der Waals surface area contributed by atoms with Crippen molar-refractivity contribution < 1.29 is 4.74 Å². The summed E-state index contributed by atoms with van der Waals surface area (Å²) in [5, 5.41) is 9.66. The highest BCUT2D eigenvalue weighted by Gasteiger charge is 2.38. The Labute approximate surface area is 170 Å². The van der Waals surface area contributed by atoms with Gasteiger partial charge in [0.05, 0.1) is 27.7 Å². The van der Waals surface area contributed by atoms with Gasteiger partial charge in [-0.25, -0.2) is 4.79 Å². The lowest BCUT2D eigenvalue weighted by Crippen LogP contribution is -2.52. The second-order valence-electron chi connectivity index (χ2n) is 8.41. The Bertz CT molecular complexity index is 957. The van der Waals surface area contributed by atoms with Crippen LogP contribution in [0.1, 0.15) is 57.1 Å². The van der Waals surface area contributed by atoms with Crippen molar-refractivity contribution in [1.29, 1.82) is 5.26 Å². The van der Waals surface area contributed by atoms with E-state index in [0.29, 0.717) is 22.2 Å². The largest absolute Gasteiger partial charge is 0.381 e. The van der Waals surface area contributed by atoms with Gasteiger partial charge in [0.25, 0.3) is 0 Å². The number of rotatable bonds is 3. The molecule has 4 rings (SSSR count). The molecule has 1 aliphatic heterocycles. The highest BCUT2D eigenvalue weighted by Crippen LogP contribution is 2.38. The van der Waals surface area contributed by atoms with Crippen LogP contribution in [0.25, 0.3) is 11.0 Å². The third-order valence-corrected chi connectivity index (χ3v) is 7.17. The average molecular weight is 403 g/mol. The van der Waals surface area contributed by atoms with Gasteiger partial charge >= 0.3 is 5.69 Å². The molecule has 2 heterocycles. The van der Waals surface area contributed by atoms with Crippen molar-refractivity contribution in [2.24, 2.45) is 0 Å². The summed E-state index contributed by atoms with van der Waals surface area (Å²) >= 11 is 6.12. The van der Waals surface area contributed by atoms with Gasteiger partial charge in [-0.05, 0) is 57.6 Å². The first kappa shape index (κ1) is 19.5. The predicted molar refractivity (Wildman–Crippen MR) is 110 cm³/mol. The normalized spacial score (nSPS) is 27.1. The lowest BCUT2D eigenvalue weighted by molar-refractivity contribution is -0.0146. The van der Waals surface area contributed by atoms with E-state index in [1.54, 1.807) is 12.1 Å². The minimum absolute atomic E-state index is 0.119. The zero-order valence-corrected chi connectivity index (χ0v) is 17.3. The molecule has 2 aromatic rings. The number of piperidine rings is 1. The third-order valence-electron chi connectivity index (χ3n) is 6.86. The van der Waals surface area contributed by atoms with E-state index >= 15 is 0 Å². The Morgan fingerprint density at radius 2 is 1.93 bits per heavy atom. The van der Waals surface area contributed by atoms with Crippen molar-refractivity contribution in [3.63, 3.8) is 0 Å². The summed E-state index contributed by atoms with van der Waals surface area (Å²) in [4.78, 5) is 18.1. The Morgan fingerprint density at radius 3 is 2.54 bits per heavy atom. The van der Waals surface area contributed by atoms with Crippen molar-refractivity contribution >= 4 is 22.6 Å². The molecule has 1 aromatic heterocycles. The van der Waals surface area contributed by atoms with Crippen LogP contribution in [0, 0.1) is 11.3 Å². The molecule has 6 nitrogen and oxygen atoms in total. The standard InChI is InChI=1S/C21H27ClN4O2/c1-21(7-3-16(28-2)4-8-21)25-9-5-15(6-10-25)26-19-11-14(13-23)17(22)12-18(19)24-20(26)27/h11-12,15-16H,3-10H2,1-2H3,(H,24,27). The maximum Gasteiger partial charge on any atom is 0.326 e. The number of hydrogen-bond acceptors (Lipinski definition) is 4. The highest BCUT2D eigenvalue weighted by atomic mass is 35.5. The van der Waals surface area contributed by atoms with Crippen LogP contribution in [-0.4, -0.2) is 46.3 Å². The van der Waals surface area contributed by atoms with Crippen LogP contribution in [0.3, 0.4) is 0 Å². The van der Waals surface area contributed by atoms with Crippen molar-refractivity contribution in [3.05, 3.63) is 33.2 Å². The molecule has 0 spiro atoms. The summed E-state index contributed by atoms with van der Waals surface area (Å²) in [6.07, 6.45) is 6.82. The van der Waals surface area contributed by atoms with Gasteiger partial charge in [0.15, 0.2) is 0 Å². The van der Waals surface area contributed by atoms with Crippen LogP contribution in [0.5, 0.6) is 0 Å². The number of halogens is 1. The number of nitrogens with one attached hydrogen (secondary N) is 1. The van der Waals surface area contributed by atoms with Crippen LogP contribution in [0.2, 0.25) is 5.02 Å². The second kappa shape index (κ2) is 7.55. The maximum atomic E-state index is 12.6. The fourth-order valence-electron chi connectivity index (χ4n) is 5.02. The van der Waals surface area contributed by atoms with E-state index in [9.17, 15) is 10.1 Å². The molecule has 0 amide bonds. The van der Waals surface area contributed by atoms with E-state index in [0.717, 1.165) is 57.1 Å². The number of nitrogens with zero attached hydrogens (tertiary/aromatic N) is 3. The van der Waals surface area contributed by atoms with Gasteiger partial charge in [0, 0.05) is 31.8 Å². The molecule has 7 heteroatoms. The molecule has 0 unspecified atom stereocenters. The number of H-pyrrole nitrogens is 1. The molecule has 0 atom stereocenters. The molecule has 1 N–H and O–H groups in total. The summed E-state index contributed by atoms with van der Waals surface area (Å²) < 4.78 is 7.35. The minimum atomic E-state index is -0.119. The van der Waals surface area contributed by atoms with Crippen LogP contribution in [-0.2, 0) is 4.74 Å². The van der Waals surface area contributed by atoms with Gasteiger partial charge in [-0.2, -0.15) is 5.26 Å². The van der Waals surface area contributed by atoms with Crippen LogP contribution < -0.4 is 5.69 Å². The smallest absolute Gasteiger partial charge is 0.326 e. The van der Waals surface area contributed by atoms with Gasteiger partial charge < -0.3 is 9.72 Å². The average Bonchev–Trinajstić information content (AvgIpc) is 3.02. The topological polar surface area (TPSA) is 74.0 Å². The Hall–Kier alpha value is -1.81. The quantitative estimate of drug-likeness (QED) is 0.846. The van der Waals surface area contributed by atoms with E-state index in [1.807, 2.05) is 11.7 Å². The van der Waals surface area contributed by atoms with Crippen LogP contribution >= 0.6 is 11.6 Å². The molecule has 150 valence electrons.